The first-order valence-electron chi connectivity index (χ1n) is 15.0. The van der Waals surface area contributed by atoms with Gasteiger partial charge in [0.2, 0.25) is 5.91 Å². The molecule has 0 heterocycles. The second kappa shape index (κ2) is 16.7. The van der Waals surface area contributed by atoms with Crippen molar-refractivity contribution in [3.63, 3.8) is 0 Å². The summed E-state index contributed by atoms with van der Waals surface area (Å²) in [6.45, 7) is 2.36. The van der Waals surface area contributed by atoms with Crippen molar-refractivity contribution in [3.05, 3.63) is 160 Å². The molecule has 3 N–H and O–H groups in total. The van der Waals surface area contributed by atoms with Gasteiger partial charge >= 0.3 is 0 Å². The van der Waals surface area contributed by atoms with Crippen molar-refractivity contribution < 1.29 is 19.1 Å². The molecular weight excluding hydrogens is 665 g/mol. The van der Waals surface area contributed by atoms with Gasteiger partial charge in [-0.2, -0.15) is 0 Å². The number of carbonyl (C=O) groups is 3. The van der Waals surface area contributed by atoms with Crippen LogP contribution >= 0.6 is 35.0 Å². The third-order valence-electron chi connectivity index (χ3n) is 6.96. The maximum atomic E-state index is 13.6. The Morgan fingerprint density at radius 2 is 1.44 bits per heavy atom. The van der Waals surface area contributed by atoms with Gasteiger partial charge in [-0.05, 0) is 78.7 Å². The van der Waals surface area contributed by atoms with Gasteiger partial charge in [0.1, 0.15) is 16.7 Å². The first kappa shape index (κ1) is 34.3. The second-order valence-corrected chi connectivity index (χ2v) is 12.3. The van der Waals surface area contributed by atoms with E-state index in [0.29, 0.717) is 39.9 Å². The van der Waals surface area contributed by atoms with Crippen LogP contribution in [0.15, 0.2) is 138 Å². The van der Waals surface area contributed by atoms with E-state index >= 15 is 0 Å². The number of hydrogen-bond acceptors (Lipinski definition) is 5. The van der Waals surface area contributed by atoms with Crippen molar-refractivity contribution in [2.45, 2.75) is 17.1 Å². The van der Waals surface area contributed by atoms with E-state index in [9.17, 15) is 14.4 Å². The lowest BCUT2D eigenvalue weighted by molar-refractivity contribution is -0.116. The molecule has 0 aliphatic carbocycles. The molecule has 1 unspecified atom stereocenters. The molecule has 0 saturated carbocycles. The van der Waals surface area contributed by atoms with Crippen molar-refractivity contribution in [3.8, 4) is 5.75 Å². The highest BCUT2D eigenvalue weighted by Gasteiger charge is 2.23. The number of halogens is 2. The molecule has 3 amide bonds. The van der Waals surface area contributed by atoms with Crippen molar-refractivity contribution in [2.75, 3.05) is 17.2 Å². The third kappa shape index (κ3) is 9.07. The monoisotopic (exact) mass is 695 g/mol. The molecule has 0 aliphatic rings. The number of para-hydroxylation sites is 2. The standard InChI is InChI=1S/C38H31Cl2N3O4S/c1-2-47-33-19-10-9-18-31(33)42-38(46)35(25-12-5-3-6-13-25)48-29-22-20-28(21-23-29)41-37(45)32(24-27-16-11-17-30(39)34(27)40)43-36(44)26-14-7-4-8-15-26/h3-24,35H,2H2,1H3,(H,41,45)(H,42,46)(H,43,44)/b32-24-. The van der Waals surface area contributed by atoms with Crippen LogP contribution in [0, 0.1) is 0 Å². The van der Waals surface area contributed by atoms with E-state index in [1.165, 1.54) is 17.8 Å². The number of carbonyl (C=O) groups excluding carboxylic acids is 3. The van der Waals surface area contributed by atoms with Gasteiger partial charge in [0.05, 0.1) is 22.3 Å². The minimum absolute atomic E-state index is 0.0281. The van der Waals surface area contributed by atoms with E-state index in [4.69, 9.17) is 27.9 Å². The molecule has 0 aromatic heterocycles. The molecule has 0 fully saturated rings. The van der Waals surface area contributed by atoms with Crippen LogP contribution in [0.25, 0.3) is 6.08 Å². The van der Waals surface area contributed by atoms with Gasteiger partial charge in [-0.25, -0.2) is 0 Å². The highest BCUT2D eigenvalue weighted by atomic mass is 35.5. The summed E-state index contributed by atoms with van der Waals surface area (Å²) < 4.78 is 5.70. The molecule has 5 rings (SSSR count). The molecule has 0 radical (unpaired) electrons. The fraction of sp³-hybridized carbons (Fsp3) is 0.0789. The Morgan fingerprint density at radius 1 is 0.771 bits per heavy atom. The lowest BCUT2D eigenvalue weighted by Gasteiger charge is -2.19. The molecule has 1 atom stereocenters. The molecule has 242 valence electrons. The van der Waals surface area contributed by atoms with Crippen LogP contribution < -0.4 is 20.7 Å². The van der Waals surface area contributed by atoms with Gasteiger partial charge in [0.15, 0.2) is 0 Å². The zero-order valence-corrected chi connectivity index (χ0v) is 28.1. The fourth-order valence-electron chi connectivity index (χ4n) is 4.63. The maximum absolute atomic E-state index is 13.6. The van der Waals surface area contributed by atoms with Crippen LogP contribution in [-0.2, 0) is 9.59 Å². The highest BCUT2D eigenvalue weighted by molar-refractivity contribution is 8.00. The Bertz CT molecular complexity index is 1920. The summed E-state index contributed by atoms with van der Waals surface area (Å²) in [5, 5.41) is 8.54. The summed E-state index contributed by atoms with van der Waals surface area (Å²) in [5.41, 5.74) is 2.71. The molecule has 5 aromatic rings. The SMILES string of the molecule is CCOc1ccccc1NC(=O)C(Sc1ccc(NC(=O)/C(=C/c2cccc(Cl)c2Cl)NC(=O)c2ccccc2)cc1)c1ccccc1. The molecule has 48 heavy (non-hydrogen) atoms. The Hall–Kier alpha value is -5.02. The Morgan fingerprint density at radius 3 is 2.15 bits per heavy atom. The van der Waals surface area contributed by atoms with Crippen LogP contribution in [0.3, 0.4) is 0 Å². The lowest BCUT2D eigenvalue weighted by atomic mass is 10.1. The van der Waals surface area contributed by atoms with Crippen LogP contribution in [0.5, 0.6) is 5.75 Å². The van der Waals surface area contributed by atoms with Crippen molar-refractivity contribution in [1.82, 2.24) is 5.32 Å². The predicted octanol–water partition coefficient (Wildman–Crippen LogP) is 9.27. The molecule has 10 heteroatoms. The van der Waals surface area contributed by atoms with Gasteiger partial charge in [0.25, 0.3) is 11.8 Å². The van der Waals surface area contributed by atoms with Crippen LogP contribution in [0.2, 0.25) is 10.0 Å². The number of thioether (sulfide) groups is 1. The van der Waals surface area contributed by atoms with Crippen molar-refractivity contribution >= 4 is 70.1 Å². The highest BCUT2D eigenvalue weighted by Crippen LogP contribution is 2.37. The zero-order chi connectivity index (χ0) is 33.9. The van der Waals surface area contributed by atoms with E-state index in [-0.39, 0.29) is 16.6 Å². The normalized spacial score (nSPS) is 11.7. The number of amides is 3. The quantitative estimate of drug-likeness (QED) is 0.0893. The second-order valence-electron chi connectivity index (χ2n) is 10.3. The summed E-state index contributed by atoms with van der Waals surface area (Å²) >= 11 is 14.0. The molecular formula is C38H31Cl2N3O4S. The van der Waals surface area contributed by atoms with Crippen molar-refractivity contribution in [1.29, 1.82) is 0 Å². The Labute approximate surface area is 293 Å². The summed E-state index contributed by atoms with van der Waals surface area (Å²) in [7, 11) is 0. The molecule has 5 aromatic carbocycles. The number of anilines is 2. The number of rotatable bonds is 12. The van der Waals surface area contributed by atoms with E-state index in [1.54, 1.807) is 66.7 Å². The average Bonchev–Trinajstić information content (AvgIpc) is 3.11. The zero-order valence-electron chi connectivity index (χ0n) is 25.8. The topological polar surface area (TPSA) is 96.5 Å². The molecule has 0 saturated heterocycles. The summed E-state index contributed by atoms with van der Waals surface area (Å²) in [6, 6.07) is 37.5. The largest absolute Gasteiger partial charge is 0.492 e. The summed E-state index contributed by atoms with van der Waals surface area (Å²) in [4.78, 5) is 41.0. The molecule has 0 aliphatic heterocycles. The predicted molar refractivity (Wildman–Crippen MR) is 195 cm³/mol. The smallest absolute Gasteiger partial charge is 0.272 e. The summed E-state index contributed by atoms with van der Waals surface area (Å²) in [6.07, 6.45) is 1.47. The molecule has 0 spiro atoms. The van der Waals surface area contributed by atoms with Crippen LogP contribution in [0.4, 0.5) is 11.4 Å². The fourth-order valence-corrected chi connectivity index (χ4v) is 6.02. The minimum Gasteiger partial charge on any atom is -0.492 e. The summed E-state index contributed by atoms with van der Waals surface area (Å²) in [5.74, 6) is -0.642. The first-order valence-corrected chi connectivity index (χ1v) is 16.6. The van der Waals surface area contributed by atoms with Gasteiger partial charge in [-0.1, -0.05) is 96.0 Å². The van der Waals surface area contributed by atoms with Crippen LogP contribution in [-0.4, -0.2) is 24.3 Å². The average molecular weight is 697 g/mol. The van der Waals surface area contributed by atoms with E-state index in [0.717, 1.165) is 10.5 Å². The minimum atomic E-state index is -0.577. The van der Waals surface area contributed by atoms with Crippen molar-refractivity contribution in [2.24, 2.45) is 0 Å². The van der Waals surface area contributed by atoms with Crippen LogP contribution in [0.1, 0.15) is 33.7 Å². The molecule has 0 bridgehead atoms. The van der Waals surface area contributed by atoms with Gasteiger partial charge < -0.3 is 20.7 Å². The van der Waals surface area contributed by atoms with Gasteiger partial charge in [0, 0.05) is 16.1 Å². The maximum Gasteiger partial charge on any atom is 0.272 e. The van der Waals surface area contributed by atoms with E-state index in [2.05, 4.69) is 16.0 Å². The first-order chi connectivity index (χ1) is 23.3. The Kier molecular flexibility index (Phi) is 11.9. The number of nitrogens with one attached hydrogen (secondary N) is 3. The number of benzene rings is 5. The van der Waals surface area contributed by atoms with E-state index < -0.39 is 17.1 Å². The number of ether oxygens (including phenoxy) is 1. The number of hydrogen-bond donors (Lipinski definition) is 3. The lowest BCUT2D eigenvalue weighted by Crippen LogP contribution is -2.30. The van der Waals surface area contributed by atoms with E-state index in [1.807, 2.05) is 67.6 Å². The van der Waals surface area contributed by atoms with Gasteiger partial charge in [-0.15, -0.1) is 11.8 Å². The molecule has 7 nitrogen and oxygen atoms in total. The van der Waals surface area contributed by atoms with Gasteiger partial charge in [-0.3, -0.25) is 14.4 Å². The third-order valence-corrected chi connectivity index (χ3v) is 9.06. The Balaban J connectivity index is 1.35.